The lowest BCUT2D eigenvalue weighted by atomic mass is 10.2. The van der Waals surface area contributed by atoms with Crippen molar-refractivity contribution in [3.05, 3.63) is 47.5 Å². The third-order valence-corrected chi connectivity index (χ3v) is 6.79. The van der Waals surface area contributed by atoms with Gasteiger partial charge in [-0.2, -0.15) is 0 Å². The number of halogens is 1. The Bertz CT molecular complexity index is 742. The Morgan fingerprint density at radius 2 is 1.84 bits per heavy atom. The molecule has 1 saturated carbocycles. The number of hydrogen-bond acceptors (Lipinski definition) is 3. The van der Waals surface area contributed by atoms with Crippen LogP contribution in [0.15, 0.2) is 52.3 Å². The van der Waals surface area contributed by atoms with Crippen molar-refractivity contribution in [1.82, 2.24) is 4.90 Å². The zero-order valence-electron chi connectivity index (χ0n) is 14.7. The SMILES string of the molecule is CN(CCCN1c2ccccc2Sc2ccc(Cl)cc21)C1CCCC1. The van der Waals surface area contributed by atoms with E-state index in [1.165, 1.54) is 46.8 Å². The highest BCUT2D eigenvalue weighted by Gasteiger charge is 2.24. The molecule has 0 amide bonds. The van der Waals surface area contributed by atoms with Crippen LogP contribution in [0.4, 0.5) is 11.4 Å². The molecule has 4 rings (SSSR count). The van der Waals surface area contributed by atoms with E-state index in [9.17, 15) is 0 Å². The van der Waals surface area contributed by atoms with E-state index in [2.05, 4.69) is 53.2 Å². The van der Waals surface area contributed by atoms with Crippen LogP contribution in [0.25, 0.3) is 0 Å². The van der Waals surface area contributed by atoms with Crippen LogP contribution in [0.5, 0.6) is 0 Å². The fraction of sp³-hybridized carbons (Fsp3) is 0.429. The summed E-state index contributed by atoms with van der Waals surface area (Å²) in [6, 6.07) is 15.8. The normalized spacial score (nSPS) is 17.0. The van der Waals surface area contributed by atoms with Gasteiger partial charge in [0.2, 0.25) is 0 Å². The molecular weight excluding hydrogens is 348 g/mol. The molecular formula is C21H25ClN2S. The number of fused-ring (bicyclic) bond motifs is 2. The molecule has 1 heterocycles. The Hall–Kier alpha value is -1.16. The van der Waals surface area contributed by atoms with Gasteiger partial charge in [-0.15, -0.1) is 0 Å². The van der Waals surface area contributed by atoms with Crippen LogP contribution in [0.3, 0.4) is 0 Å². The summed E-state index contributed by atoms with van der Waals surface area (Å²) in [5.41, 5.74) is 2.56. The Morgan fingerprint density at radius 1 is 1.08 bits per heavy atom. The van der Waals surface area contributed by atoms with Crippen LogP contribution < -0.4 is 4.90 Å². The highest BCUT2D eigenvalue weighted by molar-refractivity contribution is 7.99. The molecule has 4 heteroatoms. The van der Waals surface area contributed by atoms with Gasteiger partial charge in [-0.25, -0.2) is 0 Å². The molecule has 1 aliphatic carbocycles. The summed E-state index contributed by atoms with van der Waals surface area (Å²) in [6.45, 7) is 2.19. The van der Waals surface area contributed by atoms with Crippen LogP contribution in [-0.2, 0) is 0 Å². The van der Waals surface area contributed by atoms with Crippen LogP contribution in [0, 0.1) is 0 Å². The van der Waals surface area contributed by atoms with Crippen LogP contribution >= 0.6 is 23.4 Å². The average Bonchev–Trinajstić information content (AvgIpc) is 3.16. The van der Waals surface area contributed by atoms with Gasteiger partial charge in [0.1, 0.15) is 0 Å². The van der Waals surface area contributed by atoms with Gasteiger partial charge in [-0.05, 0) is 63.2 Å². The molecule has 0 atom stereocenters. The van der Waals surface area contributed by atoms with Crippen molar-refractivity contribution in [3.63, 3.8) is 0 Å². The van der Waals surface area contributed by atoms with E-state index < -0.39 is 0 Å². The number of hydrogen-bond donors (Lipinski definition) is 0. The van der Waals surface area contributed by atoms with E-state index in [1.54, 1.807) is 0 Å². The summed E-state index contributed by atoms with van der Waals surface area (Å²) in [4.78, 5) is 7.65. The molecule has 2 aromatic carbocycles. The monoisotopic (exact) mass is 372 g/mol. The number of nitrogens with zero attached hydrogens (tertiary/aromatic N) is 2. The van der Waals surface area contributed by atoms with E-state index in [-0.39, 0.29) is 0 Å². The topological polar surface area (TPSA) is 6.48 Å². The van der Waals surface area contributed by atoms with Gasteiger partial charge in [0, 0.05) is 27.4 Å². The summed E-state index contributed by atoms with van der Waals surface area (Å²) in [6.07, 6.45) is 6.71. The maximum atomic E-state index is 6.30. The summed E-state index contributed by atoms with van der Waals surface area (Å²) in [5.74, 6) is 0. The minimum atomic E-state index is 0.797. The van der Waals surface area contributed by atoms with Crippen molar-refractivity contribution in [2.75, 3.05) is 25.0 Å². The predicted octanol–water partition coefficient (Wildman–Crippen LogP) is 6.21. The number of rotatable bonds is 5. The molecule has 0 radical (unpaired) electrons. The molecule has 0 spiro atoms. The fourth-order valence-corrected chi connectivity index (χ4v) is 5.29. The second kappa shape index (κ2) is 7.61. The van der Waals surface area contributed by atoms with E-state index in [0.717, 1.165) is 30.6 Å². The molecule has 2 aromatic rings. The van der Waals surface area contributed by atoms with Gasteiger partial charge in [-0.3, -0.25) is 0 Å². The van der Waals surface area contributed by atoms with Crippen LogP contribution in [0.1, 0.15) is 32.1 Å². The van der Waals surface area contributed by atoms with Gasteiger partial charge in [0.15, 0.2) is 0 Å². The molecule has 0 aromatic heterocycles. The quantitative estimate of drug-likeness (QED) is 0.616. The van der Waals surface area contributed by atoms with E-state index in [0.29, 0.717) is 0 Å². The Morgan fingerprint density at radius 3 is 2.68 bits per heavy atom. The molecule has 2 aliphatic rings. The minimum Gasteiger partial charge on any atom is -0.340 e. The lowest BCUT2D eigenvalue weighted by molar-refractivity contribution is 0.244. The van der Waals surface area contributed by atoms with Crippen molar-refractivity contribution in [3.8, 4) is 0 Å². The Balaban J connectivity index is 1.51. The zero-order valence-corrected chi connectivity index (χ0v) is 16.3. The number of para-hydroxylation sites is 1. The maximum Gasteiger partial charge on any atom is 0.0567 e. The summed E-state index contributed by atoms with van der Waals surface area (Å²) >= 11 is 8.14. The molecule has 132 valence electrons. The lowest BCUT2D eigenvalue weighted by Gasteiger charge is -2.34. The van der Waals surface area contributed by atoms with Crippen LogP contribution in [-0.4, -0.2) is 31.1 Å². The van der Waals surface area contributed by atoms with Gasteiger partial charge in [0.25, 0.3) is 0 Å². The Labute approximate surface area is 160 Å². The van der Waals surface area contributed by atoms with Crippen LogP contribution in [0.2, 0.25) is 5.02 Å². The van der Waals surface area contributed by atoms with E-state index in [1.807, 2.05) is 17.8 Å². The second-order valence-corrected chi connectivity index (χ2v) is 8.63. The maximum absolute atomic E-state index is 6.30. The van der Waals surface area contributed by atoms with Crippen molar-refractivity contribution in [2.24, 2.45) is 0 Å². The van der Waals surface area contributed by atoms with Crippen molar-refractivity contribution < 1.29 is 0 Å². The number of benzene rings is 2. The molecule has 0 N–H and O–H groups in total. The van der Waals surface area contributed by atoms with Gasteiger partial charge >= 0.3 is 0 Å². The average molecular weight is 373 g/mol. The van der Waals surface area contributed by atoms with E-state index in [4.69, 9.17) is 11.6 Å². The highest BCUT2D eigenvalue weighted by atomic mass is 35.5. The lowest BCUT2D eigenvalue weighted by Crippen LogP contribution is -2.32. The third kappa shape index (κ3) is 3.69. The van der Waals surface area contributed by atoms with Gasteiger partial charge in [-0.1, -0.05) is 48.3 Å². The van der Waals surface area contributed by atoms with Crippen molar-refractivity contribution in [1.29, 1.82) is 0 Å². The zero-order chi connectivity index (χ0) is 17.2. The first-order valence-corrected chi connectivity index (χ1v) is 10.5. The molecule has 0 saturated heterocycles. The molecule has 2 nitrogen and oxygen atoms in total. The summed E-state index contributed by atoms with van der Waals surface area (Å²) in [7, 11) is 2.29. The molecule has 0 bridgehead atoms. The van der Waals surface area contributed by atoms with Crippen molar-refractivity contribution >= 4 is 34.7 Å². The highest BCUT2D eigenvalue weighted by Crippen LogP contribution is 2.48. The predicted molar refractivity (Wildman–Crippen MR) is 109 cm³/mol. The second-order valence-electron chi connectivity index (χ2n) is 7.11. The smallest absolute Gasteiger partial charge is 0.0567 e. The number of anilines is 2. The first kappa shape index (κ1) is 17.3. The molecule has 1 fully saturated rings. The largest absolute Gasteiger partial charge is 0.340 e. The van der Waals surface area contributed by atoms with Gasteiger partial charge in [0.05, 0.1) is 11.4 Å². The molecule has 1 aliphatic heterocycles. The summed E-state index contributed by atoms with van der Waals surface area (Å²) < 4.78 is 0. The first-order valence-electron chi connectivity index (χ1n) is 9.26. The first-order chi connectivity index (χ1) is 12.2. The third-order valence-electron chi connectivity index (χ3n) is 5.43. The van der Waals surface area contributed by atoms with Gasteiger partial charge < -0.3 is 9.80 Å². The van der Waals surface area contributed by atoms with Crippen molar-refractivity contribution in [2.45, 2.75) is 47.9 Å². The summed E-state index contributed by atoms with van der Waals surface area (Å²) in [5, 5.41) is 0.812. The molecule has 0 unspecified atom stereocenters. The standard InChI is InChI=1S/C21H25ClN2S/c1-23(17-7-2-3-8-17)13-6-14-24-18-9-4-5-10-20(18)25-21-12-11-16(22)15-19(21)24/h4-5,9-12,15,17H,2-3,6-8,13-14H2,1H3. The minimum absolute atomic E-state index is 0.797. The Kier molecular flexibility index (Phi) is 5.25. The fourth-order valence-electron chi connectivity index (χ4n) is 4.05. The molecule has 25 heavy (non-hydrogen) atoms. The van der Waals surface area contributed by atoms with E-state index >= 15 is 0 Å².